The molecule has 0 saturated heterocycles. The number of amides is 1. The van der Waals surface area contributed by atoms with Crippen molar-refractivity contribution in [3.63, 3.8) is 0 Å². The van der Waals surface area contributed by atoms with Gasteiger partial charge in [0, 0.05) is 5.69 Å². The number of phenolic OH excluding ortho intramolecular Hbond substituents is 1. The van der Waals surface area contributed by atoms with Gasteiger partial charge in [-0.1, -0.05) is 0 Å². The van der Waals surface area contributed by atoms with Crippen LogP contribution in [-0.2, 0) is 0 Å². The number of nitrogens with one attached hydrogen (secondary N) is 1. The van der Waals surface area contributed by atoms with E-state index in [1.807, 2.05) is 0 Å². The first-order valence-corrected chi connectivity index (χ1v) is 6.31. The number of hydrogen-bond acceptors (Lipinski definition) is 4. The molecule has 0 bridgehead atoms. The van der Waals surface area contributed by atoms with E-state index in [2.05, 4.69) is 5.32 Å². The van der Waals surface area contributed by atoms with Crippen molar-refractivity contribution in [1.82, 2.24) is 5.32 Å². The monoisotopic (exact) mass is 290 g/mol. The molecular formula is C15H15FN2O3. The van der Waals surface area contributed by atoms with E-state index in [0.29, 0.717) is 11.4 Å². The van der Waals surface area contributed by atoms with Gasteiger partial charge in [-0.25, -0.2) is 4.39 Å². The van der Waals surface area contributed by atoms with Crippen LogP contribution in [0.5, 0.6) is 11.5 Å². The van der Waals surface area contributed by atoms with Gasteiger partial charge < -0.3 is 20.9 Å². The quantitative estimate of drug-likeness (QED) is 0.580. The minimum absolute atomic E-state index is 0.109. The van der Waals surface area contributed by atoms with Crippen molar-refractivity contribution in [3.05, 3.63) is 53.8 Å². The molecule has 21 heavy (non-hydrogen) atoms. The Morgan fingerprint density at radius 2 is 1.95 bits per heavy atom. The Kier molecular flexibility index (Phi) is 4.61. The Morgan fingerprint density at radius 1 is 1.24 bits per heavy atom. The molecule has 0 heterocycles. The lowest BCUT2D eigenvalue weighted by Gasteiger charge is -2.09. The minimum atomic E-state index is -0.587. The molecule has 4 N–H and O–H groups in total. The van der Waals surface area contributed by atoms with Gasteiger partial charge in [-0.2, -0.15) is 0 Å². The second-order valence-corrected chi connectivity index (χ2v) is 4.33. The fraction of sp³-hybridized carbons (Fsp3) is 0.133. The average Bonchev–Trinajstić information content (AvgIpc) is 2.47. The first-order chi connectivity index (χ1) is 10.1. The highest BCUT2D eigenvalue weighted by Gasteiger charge is 2.11. The molecule has 6 heteroatoms. The third-order valence-corrected chi connectivity index (χ3v) is 2.74. The molecule has 0 fully saturated rings. The molecule has 110 valence electrons. The second-order valence-electron chi connectivity index (χ2n) is 4.33. The number of ether oxygens (including phenoxy) is 1. The summed E-state index contributed by atoms with van der Waals surface area (Å²) in [6.07, 6.45) is 0. The van der Waals surface area contributed by atoms with Gasteiger partial charge in [-0.15, -0.1) is 0 Å². The zero-order valence-electron chi connectivity index (χ0n) is 11.2. The van der Waals surface area contributed by atoms with Gasteiger partial charge in [-0.3, -0.25) is 4.79 Å². The number of phenols is 1. The fourth-order valence-corrected chi connectivity index (χ4v) is 1.68. The van der Waals surface area contributed by atoms with Gasteiger partial charge in [0.05, 0.1) is 12.1 Å². The molecule has 5 nitrogen and oxygen atoms in total. The molecule has 0 aliphatic rings. The van der Waals surface area contributed by atoms with Crippen LogP contribution in [0.25, 0.3) is 0 Å². The number of benzene rings is 2. The van der Waals surface area contributed by atoms with E-state index in [0.717, 1.165) is 18.2 Å². The molecule has 0 unspecified atom stereocenters. The molecule has 2 aromatic rings. The molecule has 0 aromatic heterocycles. The lowest BCUT2D eigenvalue weighted by molar-refractivity contribution is 0.0944. The highest BCUT2D eigenvalue weighted by Crippen LogP contribution is 2.17. The molecule has 0 aliphatic heterocycles. The smallest absolute Gasteiger partial charge is 0.255 e. The Balaban J connectivity index is 1.81. The molecule has 1 amide bonds. The lowest BCUT2D eigenvalue weighted by Crippen LogP contribution is -2.28. The number of anilines is 1. The fourth-order valence-electron chi connectivity index (χ4n) is 1.68. The Bertz CT molecular complexity index is 629. The first kappa shape index (κ1) is 14.6. The highest BCUT2D eigenvalue weighted by molar-refractivity contribution is 5.96. The summed E-state index contributed by atoms with van der Waals surface area (Å²) in [5.41, 5.74) is 6.07. The van der Waals surface area contributed by atoms with Crippen molar-refractivity contribution in [1.29, 1.82) is 0 Å². The van der Waals surface area contributed by atoms with E-state index < -0.39 is 11.7 Å². The molecule has 0 aliphatic carbocycles. The summed E-state index contributed by atoms with van der Waals surface area (Å²) in [5, 5.41) is 12.0. The maximum absolute atomic E-state index is 13.0. The van der Waals surface area contributed by atoms with Crippen LogP contribution in [0.3, 0.4) is 0 Å². The van der Waals surface area contributed by atoms with Gasteiger partial charge >= 0.3 is 0 Å². The van der Waals surface area contributed by atoms with Crippen LogP contribution in [0.15, 0.2) is 42.5 Å². The van der Waals surface area contributed by atoms with Gasteiger partial charge in [-0.05, 0) is 42.5 Å². The normalized spacial score (nSPS) is 10.1. The van der Waals surface area contributed by atoms with Gasteiger partial charge in [0.25, 0.3) is 5.91 Å². The largest absolute Gasteiger partial charge is 0.507 e. The van der Waals surface area contributed by atoms with Crippen LogP contribution in [0.4, 0.5) is 10.1 Å². The Hall–Kier alpha value is -2.76. The van der Waals surface area contributed by atoms with Crippen molar-refractivity contribution in [2.45, 2.75) is 0 Å². The van der Waals surface area contributed by atoms with E-state index in [1.54, 1.807) is 24.3 Å². The first-order valence-electron chi connectivity index (χ1n) is 6.31. The number of hydrogen-bond donors (Lipinski definition) is 3. The van der Waals surface area contributed by atoms with E-state index in [4.69, 9.17) is 10.5 Å². The number of rotatable bonds is 5. The van der Waals surface area contributed by atoms with Crippen molar-refractivity contribution >= 4 is 11.6 Å². The van der Waals surface area contributed by atoms with Gasteiger partial charge in [0.1, 0.15) is 23.9 Å². The summed E-state index contributed by atoms with van der Waals surface area (Å²) in [7, 11) is 0. The van der Waals surface area contributed by atoms with Crippen molar-refractivity contribution < 1.29 is 19.0 Å². The molecular weight excluding hydrogens is 275 g/mol. The van der Waals surface area contributed by atoms with E-state index in [1.165, 1.54) is 0 Å². The lowest BCUT2D eigenvalue weighted by atomic mass is 10.2. The molecule has 2 aromatic carbocycles. The van der Waals surface area contributed by atoms with Crippen LogP contribution in [0, 0.1) is 5.82 Å². The number of nitrogens with two attached hydrogens (primary N) is 1. The Labute approximate surface area is 121 Å². The SMILES string of the molecule is Nc1ccc(OCCNC(=O)c2cc(F)ccc2O)cc1. The molecule has 2 rings (SSSR count). The number of carbonyl (C=O) groups is 1. The third kappa shape index (κ3) is 4.10. The van der Waals surface area contributed by atoms with Gasteiger partial charge in [0.2, 0.25) is 0 Å². The summed E-state index contributed by atoms with van der Waals surface area (Å²) >= 11 is 0. The maximum atomic E-state index is 13.0. The second kappa shape index (κ2) is 6.60. The zero-order valence-corrected chi connectivity index (χ0v) is 11.2. The summed E-state index contributed by atoms with van der Waals surface area (Å²) in [6.45, 7) is 0.463. The van der Waals surface area contributed by atoms with E-state index in [-0.39, 0.29) is 24.5 Å². The zero-order chi connectivity index (χ0) is 15.2. The minimum Gasteiger partial charge on any atom is -0.507 e. The van der Waals surface area contributed by atoms with E-state index >= 15 is 0 Å². The summed E-state index contributed by atoms with van der Waals surface area (Å²) in [5.74, 6) is -0.788. The number of aromatic hydroxyl groups is 1. The van der Waals surface area contributed by atoms with Crippen LogP contribution >= 0.6 is 0 Å². The molecule has 0 radical (unpaired) electrons. The predicted octanol–water partition coefficient (Wildman–Crippen LogP) is 1.92. The Morgan fingerprint density at radius 3 is 2.67 bits per heavy atom. The van der Waals surface area contributed by atoms with Gasteiger partial charge in [0.15, 0.2) is 0 Å². The summed E-state index contributed by atoms with van der Waals surface area (Å²) in [4.78, 5) is 11.8. The topological polar surface area (TPSA) is 84.6 Å². The van der Waals surface area contributed by atoms with Crippen molar-refractivity contribution in [2.24, 2.45) is 0 Å². The number of nitrogen functional groups attached to an aromatic ring is 1. The van der Waals surface area contributed by atoms with Crippen molar-refractivity contribution in [3.8, 4) is 11.5 Å². The maximum Gasteiger partial charge on any atom is 0.255 e. The van der Waals surface area contributed by atoms with Crippen LogP contribution in [-0.4, -0.2) is 24.2 Å². The summed E-state index contributed by atoms with van der Waals surface area (Å²) in [6, 6.07) is 10.0. The standard InChI is InChI=1S/C15H15FN2O3/c16-10-1-6-14(19)13(9-10)15(20)18-7-8-21-12-4-2-11(17)3-5-12/h1-6,9,19H,7-8,17H2,(H,18,20). The van der Waals surface area contributed by atoms with E-state index in [9.17, 15) is 14.3 Å². The van der Waals surface area contributed by atoms with Crippen LogP contribution < -0.4 is 15.8 Å². The van der Waals surface area contributed by atoms with Crippen molar-refractivity contribution in [2.75, 3.05) is 18.9 Å². The highest BCUT2D eigenvalue weighted by atomic mass is 19.1. The van der Waals surface area contributed by atoms with Crippen LogP contribution in [0.1, 0.15) is 10.4 Å². The number of carbonyl (C=O) groups excluding carboxylic acids is 1. The predicted molar refractivity (Wildman–Crippen MR) is 76.7 cm³/mol. The molecule has 0 saturated carbocycles. The van der Waals surface area contributed by atoms with Crippen LogP contribution in [0.2, 0.25) is 0 Å². The molecule has 0 atom stereocenters. The average molecular weight is 290 g/mol. The molecule has 0 spiro atoms. The summed E-state index contributed by atoms with van der Waals surface area (Å²) < 4.78 is 18.4. The third-order valence-electron chi connectivity index (χ3n) is 2.74. The number of halogens is 1.